The molecule has 330 valence electrons. The average Bonchev–Trinajstić information content (AvgIpc) is 3.27. The molecule has 2 aliphatic heterocycles. The largest absolute Gasteiger partial charge is 0.381 e. The van der Waals surface area contributed by atoms with E-state index in [9.17, 15) is 14.9 Å². The van der Waals surface area contributed by atoms with Gasteiger partial charge in [-0.05, 0) is 127 Å². The Labute approximate surface area is 377 Å². The number of halogens is 1. The lowest BCUT2D eigenvalue weighted by molar-refractivity contribution is 0.0846. The fourth-order valence-electron chi connectivity index (χ4n) is 9.11. The predicted octanol–water partition coefficient (Wildman–Crippen LogP) is 8.95. The number of fused-ring (bicyclic) bond motifs is 2. The van der Waals surface area contributed by atoms with Crippen molar-refractivity contribution in [2.75, 3.05) is 60.0 Å². The number of hydrogen-bond donors (Lipinski definition) is 4. The summed E-state index contributed by atoms with van der Waals surface area (Å²) < 4.78 is 12.1. The molecule has 63 heavy (non-hydrogen) atoms. The molecule has 0 saturated carbocycles. The second-order valence-corrected chi connectivity index (χ2v) is 17.3. The summed E-state index contributed by atoms with van der Waals surface area (Å²) in [4.78, 5) is 44.6. The summed E-state index contributed by atoms with van der Waals surface area (Å²) in [5.74, 6) is 1.45. The number of nitrogens with one attached hydrogen (secondary N) is 4. The van der Waals surface area contributed by atoms with Crippen molar-refractivity contribution in [2.45, 2.75) is 92.4 Å². The molecule has 2 fully saturated rings. The second kappa shape index (κ2) is 20.6. The smallest absolute Gasteiger partial charge is 0.253 e. The highest BCUT2D eigenvalue weighted by Crippen LogP contribution is 2.37. The number of H-pyrrole nitrogens is 2. The molecule has 0 spiro atoms. The number of ether oxygens (including phenoxy) is 2. The Morgan fingerprint density at radius 2 is 1.13 bits per heavy atom. The number of benzene rings is 2. The summed E-state index contributed by atoms with van der Waals surface area (Å²) in [6, 6.07) is 19.3. The van der Waals surface area contributed by atoms with Crippen LogP contribution in [0.1, 0.15) is 78.7 Å². The first-order chi connectivity index (χ1) is 30.5. The van der Waals surface area contributed by atoms with Crippen LogP contribution in [0.25, 0.3) is 21.5 Å². The maximum atomic E-state index is 12.4. The monoisotopic (exact) mass is 915 g/mol. The molecule has 14 heteroatoms. The van der Waals surface area contributed by atoms with Gasteiger partial charge in [-0.3, -0.25) is 9.59 Å². The lowest BCUT2D eigenvalue weighted by atomic mass is 10.0. The number of nitriles is 1. The molecule has 8 rings (SSSR count). The van der Waals surface area contributed by atoms with Crippen LogP contribution in [0, 0.1) is 39.0 Å². The van der Waals surface area contributed by atoms with Gasteiger partial charge in [-0.2, -0.15) is 5.26 Å². The van der Waals surface area contributed by atoms with Crippen LogP contribution in [0.15, 0.2) is 75.0 Å². The molecule has 4 N–H and O–H groups in total. The van der Waals surface area contributed by atoms with Crippen LogP contribution >= 0.6 is 15.9 Å². The number of hydrogen-bond acceptors (Lipinski definition) is 11. The summed E-state index contributed by atoms with van der Waals surface area (Å²) in [5, 5.41) is 20.6. The Kier molecular flexibility index (Phi) is 14.8. The standard InChI is InChI=1S/C25H29N5O2.C24H29BrN4O2/c1-4-30(19-6-9-32-10-7-19)23-13-18(14-26)12-21-20(23)5-8-27-24(21)28-15-22-16(2)11-17(3)29-25(22)31;1-4-29(18-6-9-31-10-7-18)22-13-17(25)12-20-19(22)5-8-26-23(20)27-14-21-15(2)11-16(3)28-24(21)30/h5,8,11-13,19H,4,6-7,9-10,15H2,1-3H3,(H,27,28)(H,29,31);5,8,11-13,18H,4,6-7,9-10,14H2,1-3H3,(H,26,27)(H,28,30). The minimum Gasteiger partial charge on any atom is -0.381 e. The van der Waals surface area contributed by atoms with E-state index >= 15 is 0 Å². The van der Waals surface area contributed by atoms with Gasteiger partial charge in [0.25, 0.3) is 11.1 Å². The van der Waals surface area contributed by atoms with Crippen molar-refractivity contribution < 1.29 is 9.47 Å². The van der Waals surface area contributed by atoms with Crippen LogP contribution in [-0.4, -0.2) is 71.5 Å². The zero-order valence-electron chi connectivity index (χ0n) is 37.2. The van der Waals surface area contributed by atoms with E-state index in [1.807, 2.05) is 64.2 Å². The minimum atomic E-state index is -0.0923. The molecule has 0 radical (unpaired) electrons. The van der Waals surface area contributed by atoms with Crippen LogP contribution in [0.3, 0.4) is 0 Å². The Morgan fingerprint density at radius 1 is 0.683 bits per heavy atom. The number of anilines is 4. The molecule has 2 aliphatic rings. The first kappa shape index (κ1) is 45.3. The maximum Gasteiger partial charge on any atom is 0.253 e. The van der Waals surface area contributed by atoms with E-state index in [4.69, 9.17) is 9.47 Å². The van der Waals surface area contributed by atoms with Crippen LogP contribution in [0.2, 0.25) is 0 Å². The van der Waals surface area contributed by atoms with Gasteiger partial charge in [0.2, 0.25) is 0 Å². The molecule has 0 aliphatic carbocycles. The Hall–Kier alpha value is -5.75. The van der Waals surface area contributed by atoms with Gasteiger partial charge in [0.05, 0.1) is 11.6 Å². The summed E-state index contributed by atoms with van der Waals surface area (Å²) in [5.41, 5.74) is 7.75. The van der Waals surface area contributed by atoms with E-state index in [2.05, 4.69) is 94.4 Å². The van der Waals surface area contributed by atoms with Gasteiger partial charge >= 0.3 is 0 Å². The highest BCUT2D eigenvalue weighted by molar-refractivity contribution is 9.10. The number of aromatic amines is 2. The maximum absolute atomic E-state index is 12.4. The molecule has 2 saturated heterocycles. The van der Waals surface area contributed by atoms with Crippen LogP contribution in [0.5, 0.6) is 0 Å². The molecule has 13 nitrogen and oxygen atoms in total. The van der Waals surface area contributed by atoms with Crippen LogP contribution < -0.4 is 31.6 Å². The Morgan fingerprint density at radius 3 is 1.56 bits per heavy atom. The lowest BCUT2D eigenvalue weighted by Gasteiger charge is -2.36. The van der Waals surface area contributed by atoms with Gasteiger partial charge in [-0.15, -0.1) is 0 Å². The molecule has 4 aromatic heterocycles. The minimum absolute atomic E-state index is 0.0521. The van der Waals surface area contributed by atoms with Crippen molar-refractivity contribution in [2.24, 2.45) is 0 Å². The average molecular weight is 917 g/mol. The zero-order chi connectivity index (χ0) is 44.6. The number of nitrogens with zero attached hydrogens (tertiary/aromatic N) is 5. The number of pyridine rings is 4. The van der Waals surface area contributed by atoms with E-state index in [1.54, 1.807) is 6.20 Å². The van der Waals surface area contributed by atoms with Crippen molar-refractivity contribution in [3.05, 3.63) is 125 Å². The first-order valence-corrected chi connectivity index (χ1v) is 22.7. The van der Waals surface area contributed by atoms with E-state index in [0.717, 1.165) is 131 Å². The summed E-state index contributed by atoms with van der Waals surface area (Å²) >= 11 is 3.70. The van der Waals surface area contributed by atoms with Gasteiger partial charge < -0.3 is 39.9 Å². The molecular weight excluding hydrogens is 859 g/mol. The van der Waals surface area contributed by atoms with Gasteiger partial charge in [0.15, 0.2) is 0 Å². The zero-order valence-corrected chi connectivity index (χ0v) is 38.7. The lowest BCUT2D eigenvalue weighted by Crippen LogP contribution is -2.39. The number of rotatable bonds is 12. The van der Waals surface area contributed by atoms with E-state index in [1.165, 1.54) is 5.69 Å². The first-order valence-electron chi connectivity index (χ1n) is 22.0. The van der Waals surface area contributed by atoms with Gasteiger partial charge in [-0.1, -0.05) is 15.9 Å². The summed E-state index contributed by atoms with van der Waals surface area (Å²) in [6.07, 6.45) is 7.63. The molecule has 0 bridgehead atoms. The third kappa shape index (κ3) is 10.4. The second-order valence-electron chi connectivity index (χ2n) is 16.4. The van der Waals surface area contributed by atoms with E-state index < -0.39 is 0 Å². The van der Waals surface area contributed by atoms with Crippen molar-refractivity contribution in [3.63, 3.8) is 0 Å². The van der Waals surface area contributed by atoms with Crippen molar-refractivity contribution in [1.82, 2.24) is 19.9 Å². The third-order valence-electron chi connectivity index (χ3n) is 12.2. The molecular formula is C49H58BrN9O4. The quantitative estimate of drug-likeness (QED) is 0.0927. The number of aryl methyl sites for hydroxylation is 4. The molecule has 6 heterocycles. The predicted molar refractivity (Wildman–Crippen MR) is 257 cm³/mol. The fraction of sp³-hybridized carbons (Fsp3) is 0.408. The van der Waals surface area contributed by atoms with Crippen molar-refractivity contribution in [1.29, 1.82) is 5.26 Å². The third-order valence-corrected chi connectivity index (χ3v) is 12.7. The van der Waals surface area contributed by atoms with Crippen molar-refractivity contribution in [3.8, 4) is 6.07 Å². The molecule has 6 aromatic rings. The topological polar surface area (TPSA) is 164 Å². The SMILES string of the molecule is CCN(c1cc(Br)cc2c(NCc3c(C)cc(C)[nH]c3=O)nccc12)C1CCOCC1.CCN(c1cc(C#N)cc2c(NCc3c(C)cc(C)[nH]c3=O)nccc12)C1CCOCC1. The van der Waals surface area contributed by atoms with E-state index in [0.29, 0.717) is 42.1 Å². The summed E-state index contributed by atoms with van der Waals surface area (Å²) in [7, 11) is 0. The normalized spacial score (nSPS) is 14.5. The van der Waals surface area contributed by atoms with Gasteiger partial charge in [0.1, 0.15) is 11.6 Å². The fourth-order valence-corrected chi connectivity index (χ4v) is 9.55. The van der Waals surface area contributed by atoms with Gasteiger partial charge in [0, 0.05) is 137 Å². The summed E-state index contributed by atoms with van der Waals surface area (Å²) in [6.45, 7) is 17.7. The van der Waals surface area contributed by atoms with Crippen molar-refractivity contribution >= 4 is 60.5 Å². The molecule has 0 amide bonds. The van der Waals surface area contributed by atoms with Gasteiger partial charge in [-0.25, -0.2) is 9.97 Å². The Balaban J connectivity index is 0.000000189. The van der Waals surface area contributed by atoms with Crippen LogP contribution in [0.4, 0.5) is 23.0 Å². The molecule has 2 aromatic carbocycles. The molecule has 0 atom stereocenters. The highest BCUT2D eigenvalue weighted by atomic mass is 79.9. The van der Waals surface area contributed by atoms with E-state index in [-0.39, 0.29) is 11.1 Å². The van der Waals surface area contributed by atoms with Crippen LogP contribution in [-0.2, 0) is 22.6 Å². The molecule has 0 unspecified atom stereocenters. The number of aromatic nitrogens is 4. The highest BCUT2D eigenvalue weighted by Gasteiger charge is 2.25. The Bertz CT molecular complexity index is 2730.